The molecule has 3 rings (SSSR count). The van der Waals surface area contributed by atoms with E-state index in [4.69, 9.17) is 0 Å². The van der Waals surface area contributed by atoms with Crippen LogP contribution in [0.2, 0.25) is 0 Å². The maximum Gasteiger partial charge on any atom is 0.416 e. The van der Waals surface area contributed by atoms with Crippen molar-refractivity contribution >= 4 is 23.4 Å². The predicted molar refractivity (Wildman–Crippen MR) is 116 cm³/mol. The number of benzene rings is 2. The second-order valence-electron chi connectivity index (χ2n) is 7.97. The fourth-order valence-electron chi connectivity index (χ4n) is 4.03. The van der Waals surface area contributed by atoms with E-state index in [9.17, 15) is 18.0 Å². The van der Waals surface area contributed by atoms with Crippen molar-refractivity contribution in [1.82, 2.24) is 4.90 Å². The fraction of sp³-hybridized carbons (Fsp3) is 0.435. The Morgan fingerprint density at radius 3 is 2.37 bits per heavy atom. The normalized spacial score (nSPS) is 19.7. The number of likely N-dealkylation sites (N-methyl/N-ethyl adjacent to an activating group) is 1. The van der Waals surface area contributed by atoms with Crippen molar-refractivity contribution in [2.24, 2.45) is 5.92 Å². The van der Waals surface area contributed by atoms with Crippen LogP contribution in [0.15, 0.2) is 47.4 Å². The molecule has 0 saturated heterocycles. The first-order valence-corrected chi connectivity index (χ1v) is 11.1. The van der Waals surface area contributed by atoms with E-state index in [1.807, 2.05) is 56.4 Å². The van der Waals surface area contributed by atoms with Crippen molar-refractivity contribution in [2.75, 3.05) is 38.3 Å². The van der Waals surface area contributed by atoms with Gasteiger partial charge in [0, 0.05) is 29.6 Å². The van der Waals surface area contributed by atoms with Gasteiger partial charge in [-0.3, -0.25) is 4.79 Å². The Kier molecular flexibility index (Phi) is 6.82. The summed E-state index contributed by atoms with van der Waals surface area (Å²) < 4.78 is 41.6. The van der Waals surface area contributed by atoms with Crippen LogP contribution in [0.5, 0.6) is 0 Å². The van der Waals surface area contributed by atoms with Crippen LogP contribution in [0, 0.1) is 5.92 Å². The molecule has 1 amide bonds. The molecule has 7 heteroatoms. The summed E-state index contributed by atoms with van der Waals surface area (Å²) in [7, 11) is 3.77. The van der Waals surface area contributed by atoms with Crippen LogP contribution in [-0.4, -0.2) is 44.2 Å². The topological polar surface area (TPSA) is 23.6 Å². The molecule has 2 aromatic carbocycles. The molecule has 0 N–H and O–H groups in total. The summed E-state index contributed by atoms with van der Waals surface area (Å²) >= 11 is 1.61. The Labute approximate surface area is 180 Å². The zero-order valence-corrected chi connectivity index (χ0v) is 18.5. The van der Waals surface area contributed by atoms with Gasteiger partial charge in [-0.2, -0.15) is 13.2 Å². The van der Waals surface area contributed by atoms with Crippen LogP contribution in [-0.2, 0) is 17.4 Å². The highest BCUT2D eigenvalue weighted by atomic mass is 32.2. The minimum Gasteiger partial charge on any atom is -0.311 e. The quantitative estimate of drug-likeness (QED) is 0.595. The van der Waals surface area contributed by atoms with Gasteiger partial charge in [0.25, 0.3) is 0 Å². The average Bonchev–Trinajstić information content (AvgIpc) is 2.80. The lowest BCUT2D eigenvalue weighted by molar-refractivity contribution is -0.138. The molecule has 3 nitrogen and oxygen atoms in total. The minimum absolute atomic E-state index is 0.131. The van der Waals surface area contributed by atoms with Crippen molar-refractivity contribution in [3.63, 3.8) is 0 Å². The number of hydrogen-bond acceptors (Lipinski definition) is 3. The van der Waals surface area contributed by atoms with E-state index < -0.39 is 17.7 Å². The molecule has 0 saturated carbocycles. The third-order valence-corrected chi connectivity index (χ3v) is 6.49. The monoisotopic (exact) mass is 436 g/mol. The molecule has 1 heterocycles. The molecule has 0 unspecified atom stereocenters. The molecule has 0 radical (unpaired) electrons. The summed E-state index contributed by atoms with van der Waals surface area (Å²) in [6, 6.07) is 12.0. The number of anilines is 1. The van der Waals surface area contributed by atoms with Crippen molar-refractivity contribution < 1.29 is 18.0 Å². The first-order chi connectivity index (χ1) is 14.1. The van der Waals surface area contributed by atoms with Crippen molar-refractivity contribution in [3.05, 3.63) is 59.2 Å². The summed E-state index contributed by atoms with van der Waals surface area (Å²) in [5, 5.41) is 0. The Morgan fingerprint density at radius 1 is 1.13 bits per heavy atom. The van der Waals surface area contributed by atoms with Gasteiger partial charge in [-0.05, 0) is 68.1 Å². The van der Waals surface area contributed by atoms with Gasteiger partial charge in [0.15, 0.2) is 0 Å². The van der Waals surface area contributed by atoms with Crippen LogP contribution < -0.4 is 4.90 Å². The van der Waals surface area contributed by atoms with Crippen LogP contribution in [0.3, 0.4) is 0 Å². The number of halogens is 3. The van der Waals surface area contributed by atoms with Gasteiger partial charge in [0.05, 0.1) is 5.56 Å². The van der Waals surface area contributed by atoms with Crippen LogP contribution in [0.4, 0.5) is 18.9 Å². The largest absolute Gasteiger partial charge is 0.416 e. The van der Waals surface area contributed by atoms with Gasteiger partial charge in [-0.1, -0.05) is 25.1 Å². The molecule has 162 valence electrons. The zero-order chi connectivity index (χ0) is 22.1. The maximum atomic E-state index is 13.9. The molecular weight excluding hydrogens is 409 g/mol. The van der Waals surface area contributed by atoms with Gasteiger partial charge in [0.1, 0.15) is 0 Å². The minimum atomic E-state index is -4.47. The summed E-state index contributed by atoms with van der Waals surface area (Å²) in [4.78, 5) is 18.0. The molecule has 0 spiro atoms. The second kappa shape index (κ2) is 9.02. The van der Waals surface area contributed by atoms with Gasteiger partial charge >= 0.3 is 6.18 Å². The SMILES string of the molecule is CSc1ccc([C@H]2Cc3c(cccc3C(F)(F)F)N(CCN(C)C)C(=O)[C@H]2C)cc1. The number of amides is 1. The van der Waals surface area contributed by atoms with E-state index in [0.29, 0.717) is 18.8 Å². The van der Waals surface area contributed by atoms with Crippen molar-refractivity contribution in [3.8, 4) is 0 Å². The van der Waals surface area contributed by atoms with Gasteiger partial charge < -0.3 is 9.80 Å². The highest BCUT2D eigenvalue weighted by Crippen LogP contribution is 2.43. The molecule has 30 heavy (non-hydrogen) atoms. The number of thioether (sulfide) groups is 1. The molecule has 0 aromatic heterocycles. The van der Waals surface area contributed by atoms with E-state index >= 15 is 0 Å². The van der Waals surface area contributed by atoms with Crippen LogP contribution in [0.1, 0.15) is 29.5 Å². The first kappa shape index (κ1) is 22.7. The number of carbonyl (C=O) groups is 1. The second-order valence-corrected chi connectivity index (χ2v) is 8.85. The molecule has 0 bridgehead atoms. The van der Waals surface area contributed by atoms with E-state index in [2.05, 4.69) is 0 Å². The van der Waals surface area contributed by atoms with Gasteiger partial charge in [0.2, 0.25) is 5.91 Å². The standard InChI is InChI=1S/C23H27F3N2OS/c1-15-18(16-8-10-17(30-4)11-9-16)14-19-20(23(24,25)26)6-5-7-21(19)28(22(15)29)13-12-27(2)3/h5-11,15,18H,12-14H2,1-4H3/t15-,18-/m0/s1. The summed E-state index contributed by atoms with van der Waals surface area (Å²) in [6.07, 6.45) is -2.32. The third-order valence-electron chi connectivity index (χ3n) is 5.75. The van der Waals surface area contributed by atoms with Crippen molar-refractivity contribution in [1.29, 1.82) is 0 Å². The molecule has 2 aromatic rings. The summed E-state index contributed by atoms with van der Waals surface area (Å²) in [5.74, 6) is -0.880. The number of fused-ring (bicyclic) bond motifs is 1. The molecule has 0 aliphatic carbocycles. The number of alkyl halides is 3. The lowest BCUT2D eigenvalue weighted by Gasteiger charge is -2.28. The average molecular weight is 437 g/mol. The molecular formula is C23H27F3N2OS. The molecule has 2 atom stereocenters. The third kappa shape index (κ3) is 4.67. The van der Waals surface area contributed by atoms with Crippen LogP contribution >= 0.6 is 11.8 Å². The number of carbonyl (C=O) groups excluding carboxylic acids is 1. The number of rotatable bonds is 5. The lowest BCUT2D eigenvalue weighted by Crippen LogP contribution is -2.40. The molecule has 0 fully saturated rings. The Morgan fingerprint density at radius 2 is 1.80 bits per heavy atom. The zero-order valence-electron chi connectivity index (χ0n) is 17.7. The number of nitrogens with zero attached hydrogens (tertiary/aromatic N) is 2. The number of hydrogen-bond donors (Lipinski definition) is 0. The van der Waals surface area contributed by atoms with E-state index in [1.165, 1.54) is 6.07 Å². The Balaban J connectivity index is 2.13. The van der Waals surface area contributed by atoms with Gasteiger partial charge in [-0.15, -0.1) is 11.8 Å². The maximum absolute atomic E-state index is 13.9. The lowest BCUT2D eigenvalue weighted by atomic mass is 9.82. The summed E-state index contributed by atoms with van der Waals surface area (Å²) in [5.41, 5.74) is 0.834. The van der Waals surface area contributed by atoms with Crippen LogP contribution in [0.25, 0.3) is 0 Å². The predicted octanol–water partition coefficient (Wildman–Crippen LogP) is 5.30. The Bertz CT molecular complexity index is 896. The fourth-order valence-corrected chi connectivity index (χ4v) is 4.44. The van der Waals surface area contributed by atoms with Crippen molar-refractivity contribution in [2.45, 2.75) is 30.3 Å². The molecule has 1 aliphatic heterocycles. The van der Waals surface area contributed by atoms with E-state index in [-0.39, 0.29) is 23.8 Å². The highest BCUT2D eigenvalue weighted by molar-refractivity contribution is 7.98. The first-order valence-electron chi connectivity index (χ1n) is 9.92. The summed E-state index contributed by atoms with van der Waals surface area (Å²) in [6.45, 7) is 2.75. The van der Waals surface area contributed by atoms with E-state index in [1.54, 1.807) is 22.7 Å². The van der Waals surface area contributed by atoms with Gasteiger partial charge in [-0.25, -0.2) is 0 Å². The highest BCUT2D eigenvalue weighted by Gasteiger charge is 2.40. The molecule has 1 aliphatic rings. The van der Waals surface area contributed by atoms with E-state index in [0.717, 1.165) is 16.5 Å². The Hall–Kier alpha value is -1.99. The smallest absolute Gasteiger partial charge is 0.311 e.